The van der Waals surface area contributed by atoms with E-state index in [1.54, 1.807) is 24.3 Å². The number of benzene rings is 1. The maximum Gasteiger partial charge on any atom is 0.304 e. The van der Waals surface area contributed by atoms with E-state index in [9.17, 15) is 14.4 Å². The number of amidine groups is 1. The second kappa shape index (κ2) is 13.7. The molecular weight excluding hydrogens is 388 g/mol. The average molecular weight is 416 g/mol. The van der Waals surface area contributed by atoms with Crippen LogP contribution in [0.2, 0.25) is 0 Å². The minimum Gasteiger partial charge on any atom is -0.481 e. The van der Waals surface area contributed by atoms with Crippen LogP contribution in [0.4, 0.5) is 5.69 Å². The third kappa shape index (κ3) is 10.8. The van der Waals surface area contributed by atoms with Crippen LogP contribution in [0.15, 0.2) is 24.3 Å². The number of anilines is 1. The highest BCUT2D eigenvalue weighted by molar-refractivity contribution is 5.96. The lowest BCUT2D eigenvalue weighted by Crippen LogP contribution is -2.32. The molecule has 1 atom stereocenters. The summed E-state index contributed by atoms with van der Waals surface area (Å²) in [6, 6.07) is 8.12. The molecule has 0 saturated heterocycles. The lowest BCUT2D eigenvalue weighted by atomic mass is 10.1. The monoisotopic (exact) mass is 416 g/mol. The molecule has 0 unspecified atom stereocenters. The lowest BCUT2D eigenvalue weighted by Gasteiger charge is -2.13. The van der Waals surface area contributed by atoms with Gasteiger partial charge in [-0.2, -0.15) is 5.26 Å². The van der Waals surface area contributed by atoms with Gasteiger partial charge in [-0.25, -0.2) is 0 Å². The van der Waals surface area contributed by atoms with Gasteiger partial charge in [-0.1, -0.05) is 0 Å². The summed E-state index contributed by atoms with van der Waals surface area (Å²) in [5.41, 5.74) is 6.50. The summed E-state index contributed by atoms with van der Waals surface area (Å²) in [4.78, 5) is 34.4. The Labute approximate surface area is 175 Å². The first-order valence-electron chi connectivity index (χ1n) is 9.65. The molecule has 2 amide bonds. The average Bonchev–Trinajstić information content (AvgIpc) is 2.69. The van der Waals surface area contributed by atoms with E-state index < -0.39 is 5.97 Å². The Bertz CT molecular complexity index is 772. The van der Waals surface area contributed by atoms with Gasteiger partial charge in [-0.15, -0.1) is 0 Å². The number of carbonyl (C=O) groups excluding carboxylic acids is 2. The fourth-order valence-electron chi connectivity index (χ4n) is 2.59. The largest absolute Gasteiger partial charge is 0.481 e. The summed E-state index contributed by atoms with van der Waals surface area (Å²) >= 11 is 0. The molecule has 0 spiro atoms. The van der Waals surface area contributed by atoms with Gasteiger partial charge in [0.1, 0.15) is 5.84 Å². The van der Waals surface area contributed by atoms with Crippen LogP contribution >= 0.6 is 0 Å². The van der Waals surface area contributed by atoms with Crippen molar-refractivity contribution in [1.82, 2.24) is 10.6 Å². The van der Waals surface area contributed by atoms with Gasteiger partial charge < -0.3 is 26.8 Å². The van der Waals surface area contributed by atoms with Crippen molar-refractivity contribution < 1.29 is 19.5 Å². The number of hydrogen-bond donors (Lipinski definition) is 6. The van der Waals surface area contributed by atoms with Crippen LogP contribution in [-0.4, -0.2) is 47.9 Å². The summed E-state index contributed by atoms with van der Waals surface area (Å²) in [6.07, 6.45) is 1.56. The molecule has 0 aliphatic heterocycles. The second-order valence-electron chi connectivity index (χ2n) is 6.71. The first-order valence-corrected chi connectivity index (χ1v) is 9.65. The van der Waals surface area contributed by atoms with Crippen LogP contribution < -0.4 is 21.7 Å². The maximum absolute atomic E-state index is 11.9. The van der Waals surface area contributed by atoms with E-state index in [4.69, 9.17) is 21.5 Å². The zero-order chi connectivity index (χ0) is 22.4. The molecular formula is C20H28N6O4. The Balaban J connectivity index is 2.15. The van der Waals surface area contributed by atoms with Crippen LogP contribution in [0.25, 0.3) is 0 Å². The number of carboxylic acids is 1. The van der Waals surface area contributed by atoms with E-state index in [0.717, 1.165) is 6.42 Å². The molecule has 0 fully saturated rings. The van der Waals surface area contributed by atoms with Crippen molar-refractivity contribution in [2.75, 3.05) is 18.4 Å². The number of rotatable bonds is 14. The molecule has 0 bridgehead atoms. The smallest absolute Gasteiger partial charge is 0.304 e. The first-order chi connectivity index (χ1) is 14.3. The van der Waals surface area contributed by atoms with Crippen LogP contribution in [-0.2, 0) is 14.4 Å². The number of nitrogens with two attached hydrogens (primary N) is 1. The number of nitriles is 1. The van der Waals surface area contributed by atoms with Crippen molar-refractivity contribution in [3.05, 3.63) is 29.8 Å². The van der Waals surface area contributed by atoms with Gasteiger partial charge in [0.15, 0.2) is 0 Å². The fourth-order valence-corrected chi connectivity index (χ4v) is 2.59. The van der Waals surface area contributed by atoms with Gasteiger partial charge in [0.25, 0.3) is 0 Å². The molecule has 0 aliphatic rings. The van der Waals surface area contributed by atoms with Gasteiger partial charge >= 0.3 is 5.97 Å². The van der Waals surface area contributed by atoms with Gasteiger partial charge in [-0.3, -0.25) is 19.8 Å². The van der Waals surface area contributed by atoms with Crippen molar-refractivity contribution in [2.45, 2.75) is 44.6 Å². The zero-order valence-electron chi connectivity index (χ0n) is 16.7. The third-order valence-corrected chi connectivity index (χ3v) is 4.18. The lowest BCUT2D eigenvalue weighted by molar-refractivity contribution is -0.137. The van der Waals surface area contributed by atoms with E-state index in [0.29, 0.717) is 30.8 Å². The Hall–Kier alpha value is -3.45. The molecule has 10 heteroatoms. The predicted octanol–water partition coefficient (Wildman–Crippen LogP) is 0.932. The molecule has 1 rings (SSSR count). The van der Waals surface area contributed by atoms with Gasteiger partial charge in [0, 0.05) is 36.7 Å². The summed E-state index contributed by atoms with van der Waals surface area (Å²) in [5.74, 6) is -1.51. The molecule has 1 aromatic rings. The molecule has 0 aromatic heterocycles. The van der Waals surface area contributed by atoms with Crippen molar-refractivity contribution in [2.24, 2.45) is 5.73 Å². The van der Waals surface area contributed by atoms with E-state index >= 15 is 0 Å². The topological polar surface area (TPSA) is 181 Å². The van der Waals surface area contributed by atoms with Gasteiger partial charge in [-0.05, 0) is 43.7 Å². The predicted molar refractivity (Wildman–Crippen MR) is 112 cm³/mol. The molecule has 1 aromatic carbocycles. The Kier molecular flexibility index (Phi) is 11.2. The highest BCUT2D eigenvalue weighted by Crippen LogP contribution is 2.10. The Morgan fingerprint density at radius 1 is 1.10 bits per heavy atom. The van der Waals surface area contributed by atoms with Gasteiger partial charge in [0.2, 0.25) is 11.8 Å². The van der Waals surface area contributed by atoms with E-state index in [1.807, 2.05) is 6.07 Å². The molecule has 10 nitrogen and oxygen atoms in total. The van der Waals surface area contributed by atoms with E-state index in [1.165, 1.54) is 0 Å². The van der Waals surface area contributed by atoms with Crippen LogP contribution in [0, 0.1) is 16.7 Å². The van der Waals surface area contributed by atoms with Crippen LogP contribution in [0.1, 0.15) is 44.1 Å². The summed E-state index contributed by atoms with van der Waals surface area (Å²) < 4.78 is 0. The minimum atomic E-state index is -0.952. The normalized spacial score (nSPS) is 11.2. The van der Waals surface area contributed by atoms with Crippen molar-refractivity contribution in [3.8, 4) is 6.07 Å². The number of nitrogens with one attached hydrogen (secondary N) is 4. The highest BCUT2D eigenvalue weighted by Gasteiger charge is 2.12. The molecule has 0 aliphatic carbocycles. The number of nitrogen functional groups attached to an aromatic ring is 1. The number of aliphatic carboxylic acids is 1. The van der Waals surface area contributed by atoms with Crippen molar-refractivity contribution in [1.29, 1.82) is 10.7 Å². The van der Waals surface area contributed by atoms with Crippen molar-refractivity contribution >= 4 is 29.3 Å². The number of carboxylic acid groups (broad SMARTS) is 1. The fraction of sp³-hybridized carbons (Fsp3) is 0.450. The summed E-state index contributed by atoms with van der Waals surface area (Å²) in [5, 5.41) is 33.2. The number of unbranched alkanes of at least 4 members (excludes halogenated alkanes) is 1. The molecule has 0 saturated carbocycles. The molecule has 162 valence electrons. The standard InChI is InChI=1S/C20H28N6O4/c21-10-9-16(13-19(29)30)24-11-1-2-12-25-17(27)7-8-18(28)26-15-5-3-14(4-6-15)20(22)23/h3-6,16,24H,1-2,7-9,11-13H2,(H3,22,23)(H,25,27)(H,26,28)(H,29,30)/t16-/m1/s1. The number of carbonyl (C=O) groups is 3. The van der Waals surface area contributed by atoms with E-state index in [2.05, 4.69) is 16.0 Å². The molecule has 30 heavy (non-hydrogen) atoms. The number of hydrogen-bond acceptors (Lipinski definition) is 6. The Morgan fingerprint density at radius 2 is 1.73 bits per heavy atom. The summed E-state index contributed by atoms with van der Waals surface area (Å²) in [7, 11) is 0. The third-order valence-electron chi connectivity index (χ3n) is 4.18. The van der Waals surface area contributed by atoms with E-state index in [-0.39, 0.29) is 49.4 Å². The number of amides is 2. The van der Waals surface area contributed by atoms with Crippen LogP contribution in [0.5, 0.6) is 0 Å². The summed E-state index contributed by atoms with van der Waals surface area (Å²) in [6.45, 7) is 1.01. The molecule has 7 N–H and O–H groups in total. The van der Waals surface area contributed by atoms with Gasteiger partial charge in [0.05, 0.1) is 18.9 Å². The minimum absolute atomic E-state index is 0.0485. The highest BCUT2D eigenvalue weighted by atomic mass is 16.4. The quantitative estimate of drug-likeness (QED) is 0.148. The SMILES string of the molecule is N#CC[C@H](CC(=O)O)NCCCCNC(=O)CCC(=O)Nc1ccc(C(=N)N)cc1. The first kappa shape index (κ1) is 24.6. The van der Waals surface area contributed by atoms with Crippen molar-refractivity contribution in [3.63, 3.8) is 0 Å². The second-order valence-corrected chi connectivity index (χ2v) is 6.71. The van der Waals surface area contributed by atoms with Crippen LogP contribution in [0.3, 0.4) is 0 Å². The maximum atomic E-state index is 11.9. The zero-order valence-corrected chi connectivity index (χ0v) is 16.7. The molecule has 0 heterocycles. The Morgan fingerprint density at radius 3 is 2.33 bits per heavy atom. The number of nitrogens with zero attached hydrogens (tertiary/aromatic N) is 1. The molecule has 0 radical (unpaired) electrons.